The molecule has 0 spiro atoms. The molecule has 1 aromatic rings. The van der Waals surface area contributed by atoms with Crippen LogP contribution < -0.4 is 11.1 Å². The topological polar surface area (TPSA) is 55.1 Å². The molecule has 0 radical (unpaired) electrons. The van der Waals surface area contributed by atoms with Crippen molar-refractivity contribution >= 4 is 27.5 Å². The second-order valence-electron chi connectivity index (χ2n) is 4.55. The molecule has 16 heavy (non-hydrogen) atoms. The minimum absolute atomic E-state index is 0.107. The molecule has 1 fully saturated rings. The fourth-order valence-electron chi connectivity index (χ4n) is 2.14. The first-order valence-corrected chi connectivity index (χ1v) is 6.43. The van der Waals surface area contributed by atoms with Crippen molar-refractivity contribution in [1.82, 2.24) is 0 Å². The third-order valence-electron chi connectivity index (χ3n) is 3.31. The molecule has 3 N–H and O–H groups in total. The summed E-state index contributed by atoms with van der Waals surface area (Å²) in [6, 6.07) is 5.56. The Labute approximate surface area is 103 Å². The first-order valence-electron chi connectivity index (χ1n) is 5.51. The maximum Gasteiger partial charge on any atom is 0.245 e. The van der Waals surface area contributed by atoms with Gasteiger partial charge in [-0.15, -0.1) is 0 Å². The number of carbonyl (C=O) groups is 1. The summed E-state index contributed by atoms with van der Waals surface area (Å²) in [6.07, 6.45) is 2.58. The third kappa shape index (κ3) is 1.57. The van der Waals surface area contributed by atoms with Gasteiger partial charge in [0.2, 0.25) is 5.91 Å². The van der Waals surface area contributed by atoms with Gasteiger partial charge in [-0.2, -0.15) is 0 Å². The number of hydrogen-bond donors (Lipinski definition) is 2. The lowest BCUT2D eigenvalue weighted by Crippen LogP contribution is -2.19. The summed E-state index contributed by atoms with van der Waals surface area (Å²) < 4.78 is 0. The second kappa shape index (κ2) is 3.57. The van der Waals surface area contributed by atoms with Crippen LogP contribution in [0.3, 0.4) is 0 Å². The van der Waals surface area contributed by atoms with Crippen LogP contribution in [0.2, 0.25) is 0 Å². The number of carbonyl (C=O) groups excluding carboxylic acids is 1. The van der Waals surface area contributed by atoms with Crippen LogP contribution in [0.5, 0.6) is 0 Å². The van der Waals surface area contributed by atoms with Gasteiger partial charge in [-0.3, -0.25) is 4.79 Å². The molecule has 1 aliphatic heterocycles. The SMILES string of the molecule is N[C@@H]1C(=O)Nc2ccc([C@H](Br)C3CC3)cc21. The summed E-state index contributed by atoms with van der Waals surface area (Å²) in [6.45, 7) is 0. The largest absolute Gasteiger partial charge is 0.324 e. The summed E-state index contributed by atoms with van der Waals surface area (Å²) in [5.74, 6) is 0.643. The lowest BCUT2D eigenvalue weighted by atomic mass is 10.0. The molecular weight excluding hydrogens is 268 g/mol. The monoisotopic (exact) mass is 280 g/mol. The van der Waals surface area contributed by atoms with E-state index in [9.17, 15) is 4.79 Å². The minimum Gasteiger partial charge on any atom is -0.324 e. The number of nitrogens with one attached hydrogen (secondary N) is 1. The van der Waals surface area contributed by atoms with E-state index in [0.717, 1.165) is 17.2 Å². The first kappa shape index (κ1) is 10.3. The average molecular weight is 281 g/mol. The highest BCUT2D eigenvalue weighted by Crippen LogP contribution is 2.47. The van der Waals surface area contributed by atoms with Gasteiger partial charge in [-0.05, 0) is 30.4 Å². The molecule has 2 aliphatic rings. The van der Waals surface area contributed by atoms with Gasteiger partial charge in [-0.1, -0.05) is 28.1 Å². The Morgan fingerprint density at radius 2 is 2.19 bits per heavy atom. The van der Waals surface area contributed by atoms with Crippen LogP contribution in [0.1, 0.15) is 34.8 Å². The molecule has 1 saturated carbocycles. The molecule has 3 rings (SSSR count). The standard InChI is InChI=1S/C12H13BrN2O/c13-10(6-1-2-6)7-3-4-9-8(5-7)11(14)12(16)15-9/h3-6,10-11H,1-2,14H2,(H,15,16)/t10-,11+/m1/s1. The van der Waals surface area contributed by atoms with E-state index in [1.165, 1.54) is 18.4 Å². The van der Waals surface area contributed by atoms with Crippen molar-refractivity contribution < 1.29 is 4.79 Å². The molecule has 0 unspecified atom stereocenters. The maximum atomic E-state index is 11.4. The molecular formula is C12H13BrN2O. The molecule has 1 aliphatic carbocycles. The van der Waals surface area contributed by atoms with Crippen molar-refractivity contribution in [2.45, 2.75) is 23.7 Å². The fourth-order valence-corrected chi connectivity index (χ4v) is 2.95. The lowest BCUT2D eigenvalue weighted by molar-refractivity contribution is -0.116. The number of benzene rings is 1. The van der Waals surface area contributed by atoms with Crippen LogP contribution in [-0.2, 0) is 4.79 Å². The van der Waals surface area contributed by atoms with Gasteiger partial charge >= 0.3 is 0 Å². The van der Waals surface area contributed by atoms with E-state index in [2.05, 4.69) is 33.4 Å². The highest BCUT2D eigenvalue weighted by atomic mass is 79.9. The zero-order valence-electron chi connectivity index (χ0n) is 8.74. The summed E-state index contributed by atoms with van der Waals surface area (Å²) >= 11 is 3.71. The van der Waals surface area contributed by atoms with Gasteiger partial charge in [0.15, 0.2) is 0 Å². The van der Waals surface area contributed by atoms with E-state index in [-0.39, 0.29) is 5.91 Å². The summed E-state index contributed by atoms with van der Waals surface area (Å²) in [5.41, 5.74) is 8.83. The number of alkyl halides is 1. The Bertz CT molecular complexity index is 456. The summed E-state index contributed by atoms with van der Waals surface area (Å²) in [5, 5.41) is 2.78. The van der Waals surface area contributed by atoms with Crippen molar-refractivity contribution in [1.29, 1.82) is 0 Å². The van der Waals surface area contributed by atoms with Gasteiger partial charge in [0.1, 0.15) is 6.04 Å². The fraction of sp³-hybridized carbons (Fsp3) is 0.417. The number of fused-ring (bicyclic) bond motifs is 1. The molecule has 84 valence electrons. The normalized spacial score (nSPS) is 25.1. The number of anilines is 1. The van der Waals surface area contributed by atoms with Gasteiger partial charge in [0.25, 0.3) is 0 Å². The van der Waals surface area contributed by atoms with Crippen LogP contribution in [0.4, 0.5) is 5.69 Å². The number of nitrogens with two attached hydrogens (primary N) is 1. The number of halogens is 1. The number of rotatable bonds is 2. The Balaban J connectivity index is 1.96. The van der Waals surface area contributed by atoms with Gasteiger partial charge in [0.05, 0.1) is 0 Å². The van der Waals surface area contributed by atoms with E-state index < -0.39 is 6.04 Å². The number of amides is 1. The Morgan fingerprint density at radius 3 is 2.88 bits per heavy atom. The summed E-state index contributed by atoms with van der Waals surface area (Å²) in [4.78, 5) is 11.8. The van der Waals surface area contributed by atoms with Gasteiger partial charge in [-0.25, -0.2) is 0 Å². The van der Waals surface area contributed by atoms with E-state index in [4.69, 9.17) is 5.73 Å². The smallest absolute Gasteiger partial charge is 0.245 e. The molecule has 0 bridgehead atoms. The Hall–Kier alpha value is -0.870. The quantitative estimate of drug-likeness (QED) is 0.818. The van der Waals surface area contributed by atoms with Gasteiger partial charge < -0.3 is 11.1 Å². The minimum atomic E-state index is -0.506. The molecule has 0 aromatic heterocycles. The van der Waals surface area contributed by atoms with E-state index in [1.807, 2.05) is 6.07 Å². The molecule has 1 amide bonds. The van der Waals surface area contributed by atoms with Gasteiger partial charge in [0, 0.05) is 16.1 Å². The first-order chi connectivity index (χ1) is 7.66. The van der Waals surface area contributed by atoms with Crippen molar-refractivity contribution in [3.63, 3.8) is 0 Å². The predicted molar refractivity (Wildman–Crippen MR) is 66.4 cm³/mol. The van der Waals surface area contributed by atoms with E-state index >= 15 is 0 Å². The van der Waals surface area contributed by atoms with E-state index in [1.54, 1.807) is 0 Å². The van der Waals surface area contributed by atoms with Crippen LogP contribution in [0, 0.1) is 5.92 Å². The van der Waals surface area contributed by atoms with Crippen LogP contribution in [-0.4, -0.2) is 5.91 Å². The lowest BCUT2D eigenvalue weighted by Gasteiger charge is -2.11. The highest BCUT2D eigenvalue weighted by Gasteiger charge is 2.32. The summed E-state index contributed by atoms with van der Waals surface area (Å²) in [7, 11) is 0. The molecule has 3 nitrogen and oxygen atoms in total. The second-order valence-corrected chi connectivity index (χ2v) is 5.54. The van der Waals surface area contributed by atoms with Crippen molar-refractivity contribution in [2.75, 3.05) is 5.32 Å². The van der Waals surface area contributed by atoms with E-state index in [0.29, 0.717) is 4.83 Å². The molecule has 0 saturated heterocycles. The molecule has 1 aromatic carbocycles. The predicted octanol–water partition coefficient (Wildman–Crippen LogP) is 2.48. The van der Waals surface area contributed by atoms with Crippen molar-refractivity contribution in [3.8, 4) is 0 Å². The highest BCUT2D eigenvalue weighted by molar-refractivity contribution is 9.09. The van der Waals surface area contributed by atoms with Crippen LogP contribution in [0.25, 0.3) is 0 Å². The molecule has 4 heteroatoms. The third-order valence-corrected chi connectivity index (χ3v) is 4.58. The molecule has 1 heterocycles. The Kier molecular flexibility index (Phi) is 2.30. The zero-order chi connectivity index (χ0) is 11.3. The van der Waals surface area contributed by atoms with Crippen LogP contribution in [0.15, 0.2) is 18.2 Å². The average Bonchev–Trinajstić information content (AvgIpc) is 3.07. The van der Waals surface area contributed by atoms with Crippen molar-refractivity contribution in [3.05, 3.63) is 29.3 Å². The van der Waals surface area contributed by atoms with Crippen molar-refractivity contribution in [2.24, 2.45) is 11.7 Å². The zero-order valence-corrected chi connectivity index (χ0v) is 10.3. The molecule has 2 atom stereocenters. The number of hydrogen-bond acceptors (Lipinski definition) is 2. The Morgan fingerprint density at radius 1 is 1.44 bits per heavy atom. The van der Waals surface area contributed by atoms with Crippen LogP contribution >= 0.6 is 15.9 Å². The maximum absolute atomic E-state index is 11.4.